The van der Waals surface area contributed by atoms with Crippen LogP contribution in [-0.4, -0.2) is 38.3 Å². The number of benzene rings is 3. The van der Waals surface area contributed by atoms with Crippen LogP contribution >= 0.6 is 11.8 Å². The second-order valence-corrected chi connectivity index (χ2v) is 10.4. The van der Waals surface area contributed by atoms with Crippen LogP contribution in [0.3, 0.4) is 0 Å². The molecule has 0 spiro atoms. The van der Waals surface area contributed by atoms with Crippen LogP contribution in [-0.2, 0) is 21.0 Å². The average molecular weight is 495 g/mol. The molecule has 180 valence electrons. The van der Waals surface area contributed by atoms with Crippen LogP contribution in [0.5, 0.6) is 0 Å². The van der Waals surface area contributed by atoms with E-state index in [2.05, 4.69) is 17.4 Å². The highest BCUT2D eigenvalue weighted by Gasteiger charge is 2.56. The molecule has 3 heterocycles. The predicted octanol–water partition coefficient (Wildman–Crippen LogP) is 4.75. The highest BCUT2D eigenvalue weighted by atomic mass is 32.2. The van der Waals surface area contributed by atoms with Crippen molar-refractivity contribution in [3.05, 3.63) is 108 Å². The van der Waals surface area contributed by atoms with Crippen molar-refractivity contribution < 1.29 is 9.59 Å². The van der Waals surface area contributed by atoms with E-state index in [0.717, 1.165) is 34.5 Å². The van der Waals surface area contributed by atoms with Crippen molar-refractivity contribution in [2.75, 3.05) is 5.75 Å². The lowest BCUT2D eigenvalue weighted by molar-refractivity contribution is -0.138. The minimum atomic E-state index is -0.491. The largest absolute Gasteiger partial charge is 0.350 e. The normalized spacial score (nSPS) is 20.9. The van der Waals surface area contributed by atoms with E-state index in [1.54, 1.807) is 11.8 Å². The van der Waals surface area contributed by atoms with Crippen molar-refractivity contribution in [1.29, 1.82) is 0 Å². The molecule has 0 unspecified atom stereocenters. The summed E-state index contributed by atoms with van der Waals surface area (Å²) in [5.74, 6) is 0.509. The van der Waals surface area contributed by atoms with Gasteiger partial charge < -0.3 is 10.2 Å². The molecule has 6 nitrogen and oxygen atoms in total. The Morgan fingerprint density at radius 1 is 0.972 bits per heavy atom. The van der Waals surface area contributed by atoms with Gasteiger partial charge in [0.15, 0.2) is 0 Å². The molecule has 0 radical (unpaired) electrons. The number of hydrogen-bond donors (Lipinski definition) is 1. The molecule has 2 saturated heterocycles. The van der Waals surface area contributed by atoms with E-state index in [4.69, 9.17) is 5.10 Å². The summed E-state index contributed by atoms with van der Waals surface area (Å²) in [7, 11) is 0. The number of nitrogens with zero attached hydrogens (tertiary/aromatic N) is 3. The molecule has 36 heavy (non-hydrogen) atoms. The third-order valence-electron chi connectivity index (χ3n) is 6.97. The molecule has 1 aromatic heterocycles. The van der Waals surface area contributed by atoms with Gasteiger partial charge in [0, 0.05) is 36.0 Å². The maximum absolute atomic E-state index is 13.5. The molecule has 2 atom stereocenters. The van der Waals surface area contributed by atoms with Gasteiger partial charge in [0.25, 0.3) is 0 Å². The number of para-hydroxylation sites is 1. The first-order valence-electron chi connectivity index (χ1n) is 12.1. The molecule has 2 fully saturated rings. The Balaban J connectivity index is 1.26. The first-order valence-corrected chi connectivity index (χ1v) is 13.1. The standard InChI is InChI=1S/C29H26N4O2S/c34-26-16-17-29(23-12-6-2-7-13-23)33(26)25(20-36-29)28(35)30-18-22-19-32(24-14-8-3-9-15-24)31-27(22)21-10-4-1-5-11-21/h1-15,19,25H,16-18,20H2,(H,30,35)/t25-,29+/m0/s1. The second kappa shape index (κ2) is 9.32. The summed E-state index contributed by atoms with van der Waals surface area (Å²) in [5.41, 5.74) is 4.79. The monoisotopic (exact) mass is 494 g/mol. The van der Waals surface area contributed by atoms with Gasteiger partial charge in [0.1, 0.15) is 10.9 Å². The molecule has 4 aromatic rings. The molecule has 2 amide bonds. The van der Waals surface area contributed by atoms with Gasteiger partial charge >= 0.3 is 0 Å². The van der Waals surface area contributed by atoms with Crippen LogP contribution in [0.15, 0.2) is 97.2 Å². The number of aromatic nitrogens is 2. The third-order valence-corrected chi connectivity index (χ3v) is 8.56. The smallest absolute Gasteiger partial charge is 0.244 e. The van der Waals surface area contributed by atoms with E-state index in [9.17, 15) is 9.59 Å². The zero-order valence-corrected chi connectivity index (χ0v) is 20.5. The van der Waals surface area contributed by atoms with E-state index in [-0.39, 0.29) is 11.8 Å². The Kier molecular flexibility index (Phi) is 5.85. The molecule has 0 aliphatic carbocycles. The van der Waals surface area contributed by atoms with Crippen LogP contribution in [0.2, 0.25) is 0 Å². The molecule has 0 saturated carbocycles. The van der Waals surface area contributed by atoms with Gasteiger partial charge in [-0.05, 0) is 24.1 Å². The van der Waals surface area contributed by atoms with Crippen LogP contribution in [0.4, 0.5) is 0 Å². The fraction of sp³-hybridized carbons (Fsp3) is 0.207. The van der Waals surface area contributed by atoms with E-state index in [1.807, 2.05) is 94.6 Å². The van der Waals surface area contributed by atoms with E-state index in [1.165, 1.54) is 0 Å². The molecule has 1 N–H and O–H groups in total. The molecule has 3 aromatic carbocycles. The number of carbonyl (C=O) groups is 2. The van der Waals surface area contributed by atoms with Gasteiger partial charge in [0.2, 0.25) is 11.8 Å². The van der Waals surface area contributed by atoms with Gasteiger partial charge in [-0.2, -0.15) is 5.10 Å². The summed E-state index contributed by atoms with van der Waals surface area (Å²) in [4.78, 5) is 27.8. The van der Waals surface area contributed by atoms with Crippen LogP contribution in [0, 0.1) is 0 Å². The Hall–Kier alpha value is -3.84. The second-order valence-electron chi connectivity index (χ2n) is 9.11. The summed E-state index contributed by atoms with van der Waals surface area (Å²) < 4.78 is 1.85. The Morgan fingerprint density at radius 2 is 1.64 bits per heavy atom. The number of amides is 2. The number of hydrogen-bond acceptors (Lipinski definition) is 4. The molecular formula is C29H26N4O2S. The maximum atomic E-state index is 13.5. The first kappa shape index (κ1) is 22.6. The van der Waals surface area contributed by atoms with Crippen LogP contribution in [0.1, 0.15) is 24.0 Å². The number of fused-ring (bicyclic) bond motifs is 1. The lowest BCUT2D eigenvalue weighted by Crippen LogP contribution is -2.49. The average Bonchev–Trinajstić information content (AvgIpc) is 3.63. The Labute approximate surface area is 214 Å². The van der Waals surface area contributed by atoms with Crippen molar-refractivity contribution >= 4 is 23.6 Å². The fourth-order valence-corrected chi connectivity index (χ4v) is 6.88. The minimum absolute atomic E-state index is 0.0471. The fourth-order valence-electron chi connectivity index (χ4n) is 5.23. The van der Waals surface area contributed by atoms with Crippen molar-refractivity contribution in [1.82, 2.24) is 20.0 Å². The first-order chi connectivity index (χ1) is 17.7. The van der Waals surface area contributed by atoms with Crippen molar-refractivity contribution in [2.24, 2.45) is 0 Å². The van der Waals surface area contributed by atoms with Gasteiger partial charge in [-0.1, -0.05) is 78.9 Å². The molecule has 2 aliphatic rings. The summed E-state index contributed by atoms with van der Waals surface area (Å²) >= 11 is 1.70. The summed E-state index contributed by atoms with van der Waals surface area (Å²) in [6.07, 6.45) is 3.16. The zero-order chi connectivity index (χ0) is 24.5. The van der Waals surface area contributed by atoms with Gasteiger partial charge in [0.05, 0.1) is 11.4 Å². The Morgan fingerprint density at radius 3 is 2.36 bits per heavy atom. The minimum Gasteiger partial charge on any atom is -0.350 e. The number of carbonyl (C=O) groups excluding carboxylic acids is 2. The SMILES string of the molecule is O=C(NCc1cn(-c2ccccc2)nc1-c1ccccc1)[C@@H]1CS[C@@]2(c3ccccc3)CCC(=O)N12. The topological polar surface area (TPSA) is 67.2 Å². The van der Waals surface area contributed by atoms with Crippen LogP contribution in [0.25, 0.3) is 16.9 Å². The maximum Gasteiger partial charge on any atom is 0.244 e. The van der Waals surface area contributed by atoms with E-state index < -0.39 is 10.9 Å². The number of rotatable bonds is 6. The van der Waals surface area contributed by atoms with Gasteiger partial charge in [-0.25, -0.2) is 4.68 Å². The quantitative estimate of drug-likeness (QED) is 0.420. The summed E-state index contributed by atoms with van der Waals surface area (Å²) in [6, 6.07) is 29.5. The zero-order valence-electron chi connectivity index (χ0n) is 19.7. The summed E-state index contributed by atoms with van der Waals surface area (Å²) in [5, 5.41) is 7.96. The van der Waals surface area contributed by atoms with Crippen molar-refractivity contribution in [3.63, 3.8) is 0 Å². The Bertz CT molecular complexity index is 1390. The lowest BCUT2D eigenvalue weighted by atomic mass is 10.0. The van der Waals surface area contributed by atoms with Crippen molar-refractivity contribution in [3.8, 4) is 16.9 Å². The number of thioether (sulfide) groups is 1. The molecule has 7 heteroatoms. The third kappa shape index (κ3) is 3.89. The lowest BCUT2D eigenvalue weighted by Gasteiger charge is -2.34. The molecule has 6 rings (SSSR count). The van der Waals surface area contributed by atoms with Gasteiger partial charge in [-0.3, -0.25) is 9.59 Å². The van der Waals surface area contributed by atoms with Gasteiger partial charge in [-0.15, -0.1) is 11.8 Å². The van der Waals surface area contributed by atoms with Crippen LogP contribution < -0.4 is 5.32 Å². The van der Waals surface area contributed by atoms with E-state index in [0.29, 0.717) is 18.7 Å². The highest BCUT2D eigenvalue weighted by Crippen LogP contribution is 2.54. The molecule has 0 bridgehead atoms. The molecular weight excluding hydrogens is 468 g/mol. The van der Waals surface area contributed by atoms with E-state index >= 15 is 0 Å². The summed E-state index contributed by atoms with van der Waals surface area (Å²) in [6.45, 7) is 0.331. The highest BCUT2D eigenvalue weighted by molar-refractivity contribution is 8.00. The molecule has 2 aliphatic heterocycles. The number of nitrogens with one attached hydrogen (secondary N) is 1. The predicted molar refractivity (Wildman–Crippen MR) is 141 cm³/mol. The van der Waals surface area contributed by atoms with Crippen molar-refractivity contribution in [2.45, 2.75) is 30.3 Å².